The molecule has 5 rings (SSSR count). The summed E-state index contributed by atoms with van der Waals surface area (Å²) in [6, 6.07) is 10.4. The highest BCUT2D eigenvalue weighted by atomic mass is 19.4. The van der Waals surface area contributed by atoms with Gasteiger partial charge in [0.1, 0.15) is 23.4 Å². The number of carboxylic acids is 1. The van der Waals surface area contributed by atoms with E-state index >= 15 is 4.39 Å². The number of aliphatic carboxylic acids is 1. The maximum Gasteiger partial charge on any atom is 0.429 e. The molecule has 0 saturated carbocycles. The number of hydrogen-bond acceptors (Lipinski definition) is 8. The number of aromatic nitrogens is 2. The number of anilines is 2. The molecule has 3 aromatic rings. The van der Waals surface area contributed by atoms with Gasteiger partial charge in [0.2, 0.25) is 17.9 Å². The van der Waals surface area contributed by atoms with Crippen LogP contribution in [0.5, 0.6) is 11.6 Å². The van der Waals surface area contributed by atoms with E-state index in [0.717, 1.165) is 12.1 Å². The summed E-state index contributed by atoms with van der Waals surface area (Å²) in [7, 11) is 1.46. The summed E-state index contributed by atoms with van der Waals surface area (Å²) < 4.78 is 68.0. The molecule has 3 heterocycles. The van der Waals surface area contributed by atoms with Gasteiger partial charge in [-0.15, -0.1) is 0 Å². The van der Waals surface area contributed by atoms with Crippen molar-refractivity contribution in [1.29, 1.82) is 0 Å². The minimum atomic E-state index is -4.89. The fraction of sp³-hybridized carbons (Fsp3) is 0.393. The predicted octanol–water partition coefficient (Wildman–Crippen LogP) is 4.59. The molecule has 2 aliphatic heterocycles. The van der Waals surface area contributed by atoms with Crippen molar-refractivity contribution in [2.24, 2.45) is 5.41 Å². The van der Waals surface area contributed by atoms with Gasteiger partial charge in [-0.3, -0.25) is 4.79 Å². The van der Waals surface area contributed by atoms with Crippen molar-refractivity contribution in [2.75, 3.05) is 37.4 Å². The number of ether oxygens (including phenoxy) is 2. The van der Waals surface area contributed by atoms with Crippen molar-refractivity contribution in [3.05, 3.63) is 59.9 Å². The largest absolute Gasteiger partial charge is 0.497 e. The minimum absolute atomic E-state index is 0.108. The second-order valence-electron chi connectivity index (χ2n) is 10.4. The molecule has 13 heteroatoms. The standard InChI is InChI=1S/C28H29F4N5O4/c1-40-18-4-2-3-16(11-18)19-6-5-17(12-20(19)29)24(28(30,31)32)41-23-13-22(35-26(33)36-23)37-9-7-27(8-10-37)14-21(25(38)39)34-15-27/h2-6,11-13,21,24,34H,7-10,14-15H2,1H3,(H,38,39)(H2,33,35,36)/t21-,24?/m0/s1. The lowest BCUT2D eigenvalue weighted by Gasteiger charge is -2.39. The number of nitrogens with one attached hydrogen (secondary N) is 1. The number of hydrogen-bond donors (Lipinski definition) is 3. The van der Waals surface area contributed by atoms with E-state index in [1.807, 2.05) is 4.90 Å². The van der Waals surface area contributed by atoms with Gasteiger partial charge in [0.05, 0.1) is 7.11 Å². The SMILES string of the molecule is COc1cccc(-c2ccc(C(Oc3cc(N4CCC5(CC4)CN[C@H](C(=O)O)C5)nc(N)n3)C(F)(F)F)cc2F)c1. The Bertz CT molecular complexity index is 1430. The second kappa shape index (κ2) is 11.0. The first kappa shape index (κ1) is 28.4. The van der Waals surface area contributed by atoms with E-state index in [9.17, 15) is 23.1 Å². The van der Waals surface area contributed by atoms with Crippen LogP contribution in [-0.4, -0.2) is 60.0 Å². The van der Waals surface area contributed by atoms with Crippen molar-refractivity contribution in [3.63, 3.8) is 0 Å². The average molecular weight is 576 g/mol. The fourth-order valence-electron chi connectivity index (χ4n) is 5.50. The molecular formula is C28H29F4N5O4. The Hall–Kier alpha value is -4.13. The molecule has 0 amide bonds. The van der Waals surface area contributed by atoms with Gasteiger partial charge in [0, 0.05) is 36.8 Å². The molecule has 2 aliphatic rings. The summed E-state index contributed by atoms with van der Waals surface area (Å²) in [6.07, 6.45) is -5.54. The van der Waals surface area contributed by atoms with Gasteiger partial charge in [-0.1, -0.05) is 24.3 Å². The topological polar surface area (TPSA) is 123 Å². The number of alkyl halides is 3. The van der Waals surface area contributed by atoms with E-state index < -0.39 is 41.6 Å². The molecule has 218 valence electrons. The van der Waals surface area contributed by atoms with Crippen LogP contribution in [0.3, 0.4) is 0 Å². The van der Waals surface area contributed by atoms with E-state index in [0.29, 0.717) is 56.0 Å². The van der Waals surface area contributed by atoms with E-state index in [2.05, 4.69) is 15.3 Å². The molecule has 2 fully saturated rings. The number of nitrogens with zero attached hydrogens (tertiary/aromatic N) is 3. The Balaban J connectivity index is 1.35. The highest BCUT2D eigenvalue weighted by molar-refractivity contribution is 5.74. The lowest BCUT2D eigenvalue weighted by atomic mass is 9.76. The molecule has 0 radical (unpaired) electrons. The van der Waals surface area contributed by atoms with Crippen LogP contribution < -0.4 is 25.4 Å². The van der Waals surface area contributed by atoms with Gasteiger partial charge in [0.25, 0.3) is 0 Å². The lowest BCUT2D eigenvalue weighted by molar-refractivity contribution is -0.198. The van der Waals surface area contributed by atoms with Gasteiger partial charge >= 0.3 is 12.1 Å². The quantitative estimate of drug-likeness (QED) is 0.347. The summed E-state index contributed by atoms with van der Waals surface area (Å²) >= 11 is 0. The summed E-state index contributed by atoms with van der Waals surface area (Å²) in [5.41, 5.74) is 5.78. The first-order chi connectivity index (χ1) is 19.5. The van der Waals surface area contributed by atoms with Gasteiger partial charge in [0.15, 0.2) is 0 Å². The van der Waals surface area contributed by atoms with Crippen LogP contribution >= 0.6 is 0 Å². The molecule has 1 unspecified atom stereocenters. The highest BCUT2D eigenvalue weighted by Gasteiger charge is 2.45. The van der Waals surface area contributed by atoms with Crippen LogP contribution in [0, 0.1) is 11.2 Å². The average Bonchev–Trinajstić information content (AvgIpc) is 3.35. The second-order valence-corrected chi connectivity index (χ2v) is 10.4. The molecule has 1 aromatic heterocycles. The van der Waals surface area contributed by atoms with E-state index in [1.54, 1.807) is 24.3 Å². The number of carbonyl (C=O) groups is 1. The van der Waals surface area contributed by atoms with Gasteiger partial charge in [-0.05, 0) is 48.4 Å². The third kappa shape index (κ3) is 6.14. The Morgan fingerprint density at radius 2 is 1.93 bits per heavy atom. The smallest absolute Gasteiger partial charge is 0.429 e. The van der Waals surface area contributed by atoms with Crippen LogP contribution in [0.15, 0.2) is 48.5 Å². The molecule has 0 aliphatic carbocycles. The lowest BCUT2D eigenvalue weighted by Crippen LogP contribution is -2.41. The van der Waals surface area contributed by atoms with Crippen molar-refractivity contribution >= 4 is 17.7 Å². The normalized spacial score (nSPS) is 19.2. The number of rotatable bonds is 7. The third-order valence-electron chi connectivity index (χ3n) is 7.73. The summed E-state index contributed by atoms with van der Waals surface area (Å²) in [5.74, 6) is -1.64. The van der Waals surface area contributed by atoms with Crippen LogP contribution in [0.2, 0.25) is 0 Å². The van der Waals surface area contributed by atoms with Crippen molar-refractivity contribution in [2.45, 2.75) is 37.6 Å². The van der Waals surface area contributed by atoms with E-state index in [-0.39, 0.29) is 16.9 Å². The molecule has 41 heavy (non-hydrogen) atoms. The molecule has 9 nitrogen and oxygen atoms in total. The number of nitrogen functional groups attached to an aromatic ring is 1. The number of piperidine rings is 1. The maximum absolute atomic E-state index is 15.1. The minimum Gasteiger partial charge on any atom is -0.497 e. The van der Waals surface area contributed by atoms with Gasteiger partial charge in [-0.25, -0.2) is 4.39 Å². The summed E-state index contributed by atoms with van der Waals surface area (Å²) in [4.78, 5) is 21.2. The summed E-state index contributed by atoms with van der Waals surface area (Å²) in [5, 5.41) is 12.3. The zero-order chi connectivity index (χ0) is 29.4. The molecule has 0 bridgehead atoms. The Labute approximate surface area is 233 Å². The van der Waals surface area contributed by atoms with Gasteiger partial charge < -0.3 is 30.5 Å². The monoisotopic (exact) mass is 575 g/mol. The highest BCUT2D eigenvalue weighted by Crippen LogP contribution is 2.42. The number of carboxylic acid groups (broad SMARTS) is 1. The van der Waals surface area contributed by atoms with E-state index in [4.69, 9.17) is 15.2 Å². The van der Waals surface area contributed by atoms with Crippen LogP contribution in [0.25, 0.3) is 11.1 Å². The maximum atomic E-state index is 15.1. The molecule has 4 N–H and O–H groups in total. The Morgan fingerprint density at radius 3 is 2.56 bits per heavy atom. The number of nitrogens with two attached hydrogens (primary N) is 1. The van der Waals surface area contributed by atoms with Crippen LogP contribution in [0.1, 0.15) is 30.9 Å². The zero-order valence-electron chi connectivity index (χ0n) is 22.1. The van der Waals surface area contributed by atoms with Crippen LogP contribution in [-0.2, 0) is 4.79 Å². The molecular weight excluding hydrogens is 546 g/mol. The molecule has 1 spiro atoms. The number of methoxy groups -OCH3 is 1. The number of halogens is 4. The number of benzene rings is 2. The fourth-order valence-corrected chi connectivity index (χ4v) is 5.50. The van der Waals surface area contributed by atoms with Crippen molar-refractivity contribution in [3.8, 4) is 22.8 Å². The zero-order valence-corrected chi connectivity index (χ0v) is 22.1. The van der Waals surface area contributed by atoms with Crippen molar-refractivity contribution < 1.29 is 36.9 Å². The van der Waals surface area contributed by atoms with Gasteiger partial charge in [-0.2, -0.15) is 23.1 Å². The van der Waals surface area contributed by atoms with E-state index in [1.165, 1.54) is 19.2 Å². The Morgan fingerprint density at radius 1 is 1.17 bits per heavy atom. The first-order valence-corrected chi connectivity index (χ1v) is 13.0. The summed E-state index contributed by atoms with van der Waals surface area (Å²) in [6.45, 7) is 1.59. The molecule has 2 saturated heterocycles. The van der Waals surface area contributed by atoms with Crippen molar-refractivity contribution in [1.82, 2.24) is 15.3 Å². The predicted molar refractivity (Wildman–Crippen MR) is 142 cm³/mol. The van der Waals surface area contributed by atoms with Crippen LogP contribution in [0.4, 0.5) is 29.3 Å². The third-order valence-corrected chi connectivity index (χ3v) is 7.73. The first-order valence-electron chi connectivity index (χ1n) is 13.0. The Kier molecular flexibility index (Phi) is 7.64. The molecule has 2 aromatic carbocycles. The molecule has 2 atom stereocenters.